The van der Waals surface area contributed by atoms with E-state index >= 15 is 0 Å². The number of hydrogen-bond donors (Lipinski definition) is 1. The molecule has 5 nitrogen and oxygen atoms in total. The van der Waals surface area contributed by atoms with Crippen LogP contribution in [-0.4, -0.2) is 29.0 Å². The van der Waals surface area contributed by atoms with Gasteiger partial charge in [0.05, 0.1) is 4.92 Å². The third-order valence-electron chi connectivity index (χ3n) is 7.95. The average Bonchev–Trinajstić information content (AvgIpc) is 3.56. The normalized spacial score (nSPS) is 28.1. The minimum absolute atomic E-state index is 0.0800. The number of anilines is 1. The molecule has 2 aromatic carbocycles. The highest BCUT2D eigenvalue weighted by Crippen LogP contribution is 2.51. The van der Waals surface area contributed by atoms with E-state index in [9.17, 15) is 10.1 Å². The molecule has 1 aliphatic heterocycles. The molecule has 1 unspecified atom stereocenters. The molecule has 1 N–H and O–H groups in total. The van der Waals surface area contributed by atoms with Crippen molar-refractivity contribution in [2.75, 3.05) is 18.4 Å². The molecule has 0 amide bonds. The maximum absolute atomic E-state index is 11.9. The van der Waals surface area contributed by atoms with Gasteiger partial charge in [-0.2, -0.15) is 0 Å². The zero-order valence-corrected chi connectivity index (χ0v) is 17.9. The second kappa shape index (κ2) is 7.38. The highest BCUT2D eigenvalue weighted by molar-refractivity contribution is 5.66. The quantitative estimate of drug-likeness (QED) is 0.534. The molecule has 158 valence electrons. The van der Waals surface area contributed by atoms with Gasteiger partial charge in [0.15, 0.2) is 0 Å². The van der Waals surface area contributed by atoms with Crippen LogP contribution in [0.4, 0.5) is 11.4 Å². The molecule has 30 heavy (non-hydrogen) atoms. The van der Waals surface area contributed by atoms with Crippen molar-refractivity contribution in [3.63, 3.8) is 0 Å². The lowest BCUT2D eigenvalue weighted by molar-refractivity contribution is -0.384. The number of fused-ring (bicyclic) bond motifs is 4. The smallest absolute Gasteiger partial charge is 0.292 e. The van der Waals surface area contributed by atoms with Crippen LogP contribution < -0.4 is 5.32 Å². The number of nitrogens with zero attached hydrogens (tertiary/aromatic N) is 2. The van der Waals surface area contributed by atoms with Gasteiger partial charge >= 0.3 is 0 Å². The van der Waals surface area contributed by atoms with Crippen LogP contribution in [0.25, 0.3) is 0 Å². The molecular formula is C25H31N3O2. The summed E-state index contributed by atoms with van der Waals surface area (Å²) < 4.78 is 0. The van der Waals surface area contributed by atoms with Gasteiger partial charge in [-0.05, 0) is 72.2 Å². The Morgan fingerprint density at radius 1 is 1.23 bits per heavy atom. The van der Waals surface area contributed by atoms with Crippen molar-refractivity contribution in [3.05, 3.63) is 69.3 Å². The number of nitro groups is 1. The zero-order valence-electron chi connectivity index (χ0n) is 17.9. The van der Waals surface area contributed by atoms with Crippen molar-refractivity contribution in [2.45, 2.75) is 57.5 Å². The van der Waals surface area contributed by atoms with Crippen molar-refractivity contribution in [2.24, 2.45) is 11.8 Å². The summed E-state index contributed by atoms with van der Waals surface area (Å²) in [7, 11) is 0. The summed E-state index contributed by atoms with van der Waals surface area (Å²) in [5.41, 5.74) is 4.55. The summed E-state index contributed by atoms with van der Waals surface area (Å²) in [5, 5.41) is 15.2. The van der Waals surface area contributed by atoms with Crippen molar-refractivity contribution >= 4 is 11.4 Å². The van der Waals surface area contributed by atoms with Crippen molar-refractivity contribution < 1.29 is 4.92 Å². The van der Waals surface area contributed by atoms with Crippen LogP contribution >= 0.6 is 0 Å². The summed E-state index contributed by atoms with van der Waals surface area (Å²) in [6.07, 6.45) is 4.79. The molecule has 3 aliphatic rings. The van der Waals surface area contributed by atoms with Crippen LogP contribution in [0.3, 0.4) is 0 Å². The first kappa shape index (κ1) is 19.6. The second-order valence-corrected chi connectivity index (χ2v) is 9.79. The SMILES string of the molecule is CC1[C@H]2Cc3cc([N+](=O)[O-])c(NCc4ccccc4)cc3[C@]1(C)CCN2CC1CC1. The van der Waals surface area contributed by atoms with Gasteiger partial charge in [0.1, 0.15) is 5.69 Å². The first-order chi connectivity index (χ1) is 14.5. The van der Waals surface area contributed by atoms with Gasteiger partial charge in [-0.25, -0.2) is 0 Å². The third-order valence-corrected chi connectivity index (χ3v) is 7.95. The van der Waals surface area contributed by atoms with Gasteiger partial charge in [0.2, 0.25) is 0 Å². The zero-order chi connectivity index (χ0) is 20.9. The van der Waals surface area contributed by atoms with Gasteiger partial charge in [0.25, 0.3) is 5.69 Å². The Labute approximate surface area is 178 Å². The molecule has 3 atom stereocenters. The van der Waals surface area contributed by atoms with E-state index in [1.165, 1.54) is 30.5 Å². The van der Waals surface area contributed by atoms with Gasteiger partial charge < -0.3 is 5.32 Å². The lowest BCUT2D eigenvalue weighted by atomic mass is 9.59. The first-order valence-electron chi connectivity index (χ1n) is 11.3. The molecule has 0 radical (unpaired) electrons. The fraction of sp³-hybridized carbons (Fsp3) is 0.520. The lowest BCUT2D eigenvalue weighted by Gasteiger charge is -2.54. The van der Waals surface area contributed by atoms with Gasteiger partial charge in [-0.1, -0.05) is 44.2 Å². The summed E-state index contributed by atoms with van der Waals surface area (Å²) in [5.74, 6) is 1.43. The summed E-state index contributed by atoms with van der Waals surface area (Å²) in [4.78, 5) is 14.3. The van der Waals surface area contributed by atoms with Crippen LogP contribution in [0.15, 0.2) is 42.5 Å². The van der Waals surface area contributed by atoms with E-state index < -0.39 is 0 Å². The molecule has 2 bridgehead atoms. The number of benzene rings is 2. The molecule has 1 saturated heterocycles. The van der Waals surface area contributed by atoms with Crippen molar-refractivity contribution in [1.29, 1.82) is 0 Å². The van der Waals surface area contributed by atoms with Gasteiger partial charge in [-0.15, -0.1) is 0 Å². The maximum atomic E-state index is 11.9. The molecule has 1 heterocycles. The number of nitro benzene ring substituents is 1. The Bertz CT molecular complexity index is 956. The van der Waals surface area contributed by atoms with E-state index in [4.69, 9.17) is 0 Å². The lowest BCUT2D eigenvalue weighted by Crippen LogP contribution is -2.58. The summed E-state index contributed by atoms with van der Waals surface area (Å²) in [6.45, 7) is 7.71. The van der Waals surface area contributed by atoms with Crippen LogP contribution in [-0.2, 0) is 18.4 Å². The second-order valence-electron chi connectivity index (χ2n) is 9.79. The molecule has 2 aromatic rings. The van der Waals surface area contributed by atoms with Crippen molar-refractivity contribution in [3.8, 4) is 0 Å². The highest BCUT2D eigenvalue weighted by Gasteiger charge is 2.49. The number of likely N-dealkylation sites (tertiary alicyclic amines) is 1. The number of piperidine rings is 1. The Kier molecular flexibility index (Phi) is 4.81. The van der Waals surface area contributed by atoms with E-state index in [-0.39, 0.29) is 16.0 Å². The minimum Gasteiger partial charge on any atom is -0.375 e. The molecule has 2 aliphatic carbocycles. The Morgan fingerprint density at radius 2 is 2.00 bits per heavy atom. The Morgan fingerprint density at radius 3 is 2.70 bits per heavy atom. The maximum Gasteiger partial charge on any atom is 0.292 e. The van der Waals surface area contributed by atoms with E-state index in [0.717, 1.165) is 30.9 Å². The molecule has 5 rings (SSSR count). The van der Waals surface area contributed by atoms with Crippen LogP contribution in [0, 0.1) is 22.0 Å². The summed E-state index contributed by atoms with van der Waals surface area (Å²) in [6, 6.07) is 14.5. The van der Waals surface area contributed by atoms with Gasteiger partial charge in [0, 0.05) is 25.2 Å². The number of hydrogen-bond acceptors (Lipinski definition) is 4. The van der Waals surface area contributed by atoms with E-state index in [0.29, 0.717) is 24.2 Å². The van der Waals surface area contributed by atoms with E-state index in [2.05, 4.69) is 30.1 Å². The third kappa shape index (κ3) is 3.39. The number of rotatable bonds is 6. The molecule has 5 heteroatoms. The molecule has 0 spiro atoms. The monoisotopic (exact) mass is 405 g/mol. The van der Waals surface area contributed by atoms with Crippen LogP contribution in [0.5, 0.6) is 0 Å². The largest absolute Gasteiger partial charge is 0.375 e. The summed E-state index contributed by atoms with van der Waals surface area (Å²) >= 11 is 0. The fourth-order valence-corrected chi connectivity index (χ4v) is 5.70. The van der Waals surface area contributed by atoms with E-state index in [1.54, 1.807) is 0 Å². The average molecular weight is 406 g/mol. The molecular weight excluding hydrogens is 374 g/mol. The van der Waals surface area contributed by atoms with Crippen molar-refractivity contribution in [1.82, 2.24) is 4.90 Å². The highest BCUT2D eigenvalue weighted by atomic mass is 16.6. The Hall–Kier alpha value is -2.40. The topological polar surface area (TPSA) is 58.4 Å². The Balaban J connectivity index is 1.48. The molecule has 0 aromatic heterocycles. The first-order valence-corrected chi connectivity index (χ1v) is 11.3. The standard InChI is InChI=1S/C25H31N3O2/c1-17-23-12-20-13-24(28(29)30)22(26-15-18-6-4-3-5-7-18)14-21(20)25(17,2)10-11-27(23)16-19-8-9-19/h3-7,13-14,17,19,23,26H,8-12,15-16H2,1-2H3/t17?,23-,25-/m1/s1. The van der Waals surface area contributed by atoms with E-state index in [1.807, 2.05) is 36.4 Å². The van der Waals surface area contributed by atoms with Crippen LogP contribution in [0.1, 0.15) is 49.8 Å². The predicted molar refractivity (Wildman–Crippen MR) is 120 cm³/mol. The molecule has 1 saturated carbocycles. The predicted octanol–water partition coefficient (Wildman–Crippen LogP) is 5.14. The minimum atomic E-state index is -0.230. The number of nitrogens with one attached hydrogen (secondary N) is 1. The molecule has 2 fully saturated rings. The fourth-order valence-electron chi connectivity index (χ4n) is 5.70. The van der Waals surface area contributed by atoms with Crippen LogP contribution in [0.2, 0.25) is 0 Å². The van der Waals surface area contributed by atoms with Gasteiger partial charge in [-0.3, -0.25) is 15.0 Å².